The first-order chi connectivity index (χ1) is 12.8. The second-order valence-electron chi connectivity index (χ2n) is 6.57. The molecule has 1 fully saturated rings. The molecule has 2 aliphatic rings. The van der Waals surface area contributed by atoms with Gasteiger partial charge in [-0.25, -0.2) is 14.8 Å². The number of ether oxygens (including phenoxy) is 1. The molecule has 0 bridgehead atoms. The zero-order valence-corrected chi connectivity index (χ0v) is 14.3. The van der Waals surface area contributed by atoms with Crippen LogP contribution in [0.5, 0.6) is 0 Å². The molecular weight excluding hydrogens is 328 g/mol. The predicted molar refractivity (Wildman–Crippen MR) is 99.4 cm³/mol. The Morgan fingerprint density at radius 3 is 2.81 bits per heavy atom. The van der Waals surface area contributed by atoms with E-state index in [1.807, 2.05) is 30.3 Å². The number of amides is 1. The molecular formula is C20H18N4O2. The normalized spacial score (nSPS) is 16.7. The minimum Gasteiger partial charge on any atom is -0.447 e. The maximum atomic E-state index is 12.0. The van der Waals surface area contributed by atoms with E-state index in [1.165, 1.54) is 11.1 Å². The summed E-state index contributed by atoms with van der Waals surface area (Å²) in [5.41, 5.74) is 4.41. The van der Waals surface area contributed by atoms with Crippen molar-refractivity contribution in [3.05, 3.63) is 59.9 Å². The second kappa shape index (κ2) is 5.98. The van der Waals surface area contributed by atoms with Gasteiger partial charge in [-0.05, 0) is 35.7 Å². The number of nitrogens with zero attached hydrogens (tertiary/aromatic N) is 4. The molecule has 0 saturated carbocycles. The Hall–Kier alpha value is -3.15. The van der Waals surface area contributed by atoms with E-state index in [2.05, 4.69) is 27.0 Å². The summed E-state index contributed by atoms with van der Waals surface area (Å²) >= 11 is 0. The van der Waals surface area contributed by atoms with E-state index in [9.17, 15) is 4.79 Å². The zero-order valence-electron chi connectivity index (χ0n) is 14.3. The van der Waals surface area contributed by atoms with E-state index in [0.29, 0.717) is 13.2 Å². The lowest BCUT2D eigenvalue weighted by Gasteiger charge is -2.32. The molecule has 26 heavy (non-hydrogen) atoms. The summed E-state index contributed by atoms with van der Waals surface area (Å²) in [6, 6.07) is 14.3. The number of anilines is 2. The Bertz CT molecular complexity index is 999. The van der Waals surface area contributed by atoms with Crippen LogP contribution in [0.15, 0.2) is 48.8 Å². The number of benzene rings is 2. The van der Waals surface area contributed by atoms with E-state index >= 15 is 0 Å². The summed E-state index contributed by atoms with van der Waals surface area (Å²) in [6.45, 7) is 2.71. The topological polar surface area (TPSA) is 58.6 Å². The van der Waals surface area contributed by atoms with Gasteiger partial charge in [0.15, 0.2) is 0 Å². The number of carbonyl (C=O) groups excluding carboxylic acids is 1. The maximum absolute atomic E-state index is 12.0. The molecule has 3 heterocycles. The number of fused-ring (bicyclic) bond motifs is 2. The summed E-state index contributed by atoms with van der Waals surface area (Å²) in [5, 5.41) is 1.07. The van der Waals surface area contributed by atoms with Crippen molar-refractivity contribution in [2.75, 3.05) is 29.5 Å². The monoisotopic (exact) mass is 346 g/mol. The molecule has 0 spiro atoms. The largest absolute Gasteiger partial charge is 0.447 e. The van der Waals surface area contributed by atoms with Crippen molar-refractivity contribution < 1.29 is 9.53 Å². The summed E-state index contributed by atoms with van der Waals surface area (Å²) in [4.78, 5) is 24.9. The van der Waals surface area contributed by atoms with Crippen LogP contribution in [0, 0.1) is 0 Å². The van der Waals surface area contributed by atoms with Gasteiger partial charge in [0, 0.05) is 18.5 Å². The maximum Gasteiger partial charge on any atom is 0.414 e. The average Bonchev–Trinajstić information content (AvgIpc) is 3.12. The quantitative estimate of drug-likeness (QED) is 0.713. The number of hydrogen-bond donors (Lipinski definition) is 0. The van der Waals surface area contributed by atoms with Gasteiger partial charge in [-0.3, -0.25) is 4.90 Å². The molecule has 5 rings (SSSR count). The van der Waals surface area contributed by atoms with Gasteiger partial charge in [0.05, 0.1) is 17.7 Å². The summed E-state index contributed by atoms with van der Waals surface area (Å²) in [6.07, 6.45) is 2.25. The molecule has 2 aromatic carbocycles. The SMILES string of the molecule is O=C1OCCN1c1cccc2c1CCN(c1ncnc3ccccc13)C2. The molecule has 3 aromatic rings. The van der Waals surface area contributed by atoms with Crippen molar-refractivity contribution in [1.82, 2.24) is 9.97 Å². The van der Waals surface area contributed by atoms with E-state index in [4.69, 9.17) is 4.74 Å². The number of aromatic nitrogens is 2. The lowest BCUT2D eigenvalue weighted by atomic mass is 9.97. The van der Waals surface area contributed by atoms with Crippen LogP contribution >= 0.6 is 0 Å². The zero-order chi connectivity index (χ0) is 17.5. The average molecular weight is 346 g/mol. The lowest BCUT2D eigenvalue weighted by Crippen LogP contribution is -2.33. The summed E-state index contributed by atoms with van der Waals surface area (Å²) in [5.74, 6) is 0.965. The third-order valence-corrected chi connectivity index (χ3v) is 5.11. The molecule has 130 valence electrons. The van der Waals surface area contributed by atoms with Crippen molar-refractivity contribution in [1.29, 1.82) is 0 Å². The lowest BCUT2D eigenvalue weighted by molar-refractivity contribution is 0.181. The number of carbonyl (C=O) groups is 1. The molecule has 0 aliphatic carbocycles. The van der Waals surface area contributed by atoms with Crippen LogP contribution < -0.4 is 9.80 Å². The minimum absolute atomic E-state index is 0.248. The van der Waals surface area contributed by atoms with Gasteiger partial charge in [0.1, 0.15) is 18.8 Å². The fourth-order valence-corrected chi connectivity index (χ4v) is 3.88. The van der Waals surface area contributed by atoms with Crippen molar-refractivity contribution >= 4 is 28.5 Å². The third-order valence-electron chi connectivity index (χ3n) is 5.11. The predicted octanol–water partition coefficient (Wildman–Crippen LogP) is 3.15. The number of rotatable bonds is 2. The number of hydrogen-bond acceptors (Lipinski definition) is 5. The minimum atomic E-state index is -0.248. The second-order valence-corrected chi connectivity index (χ2v) is 6.57. The van der Waals surface area contributed by atoms with Crippen molar-refractivity contribution in [2.24, 2.45) is 0 Å². The van der Waals surface area contributed by atoms with Crippen LogP contribution in [-0.4, -0.2) is 35.8 Å². The molecule has 0 N–H and O–H groups in total. The fourth-order valence-electron chi connectivity index (χ4n) is 3.88. The van der Waals surface area contributed by atoms with E-state index in [-0.39, 0.29) is 6.09 Å². The van der Waals surface area contributed by atoms with E-state index < -0.39 is 0 Å². The Labute approximate surface area is 151 Å². The van der Waals surface area contributed by atoms with Gasteiger partial charge in [0.25, 0.3) is 0 Å². The van der Waals surface area contributed by atoms with Crippen molar-refractivity contribution in [2.45, 2.75) is 13.0 Å². The Balaban J connectivity index is 1.52. The van der Waals surface area contributed by atoms with Crippen molar-refractivity contribution in [3.8, 4) is 0 Å². The molecule has 6 nitrogen and oxygen atoms in total. The molecule has 6 heteroatoms. The van der Waals surface area contributed by atoms with Crippen LogP contribution in [0.4, 0.5) is 16.3 Å². The smallest absolute Gasteiger partial charge is 0.414 e. The highest BCUT2D eigenvalue weighted by molar-refractivity contribution is 5.91. The molecule has 0 atom stereocenters. The fraction of sp³-hybridized carbons (Fsp3) is 0.250. The highest BCUT2D eigenvalue weighted by Crippen LogP contribution is 2.33. The van der Waals surface area contributed by atoms with Crippen LogP contribution in [0.3, 0.4) is 0 Å². The Morgan fingerprint density at radius 1 is 1.00 bits per heavy atom. The van der Waals surface area contributed by atoms with Gasteiger partial charge in [-0.2, -0.15) is 0 Å². The molecule has 1 aromatic heterocycles. The highest BCUT2D eigenvalue weighted by atomic mass is 16.6. The van der Waals surface area contributed by atoms with Crippen LogP contribution in [0.2, 0.25) is 0 Å². The third kappa shape index (κ3) is 2.37. The number of cyclic esters (lactones) is 1. The Kier molecular flexibility index (Phi) is 3.48. The first kappa shape index (κ1) is 15.1. The Morgan fingerprint density at radius 2 is 1.92 bits per heavy atom. The van der Waals surface area contributed by atoms with Crippen LogP contribution in [0.1, 0.15) is 11.1 Å². The summed E-state index contributed by atoms with van der Waals surface area (Å²) < 4.78 is 5.11. The highest BCUT2D eigenvalue weighted by Gasteiger charge is 2.29. The van der Waals surface area contributed by atoms with Gasteiger partial charge in [0.2, 0.25) is 0 Å². The van der Waals surface area contributed by atoms with Gasteiger partial charge in [-0.15, -0.1) is 0 Å². The number of para-hydroxylation sites is 1. The molecule has 0 radical (unpaired) electrons. The first-order valence-electron chi connectivity index (χ1n) is 8.81. The van der Waals surface area contributed by atoms with E-state index in [0.717, 1.165) is 41.9 Å². The molecule has 2 aliphatic heterocycles. The van der Waals surface area contributed by atoms with Crippen LogP contribution in [0.25, 0.3) is 10.9 Å². The summed E-state index contributed by atoms with van der Waals surface area (Å²) in [7, 11) is 0. The van der Waals surface area contributed by atoms with Crippen molar-refractivity contribution in [3.63, 3.8) is 0 Å². The molecule has 0 unspecified atom stereocenters. The molecule has 1 saturated heterocycles. The van der Waals surface area contributed by atoms with Gasteiger partial charge >= 0.3 is 6.09 Å². The standard InChI is InChI=1S/C20H18N4O2/c25-20-24(10-11-26-20)18-7-3-4-14-12-23(9-8-15(14)18)19-16-5-1-2-6-17(16)21-13-22-19/h1-7,13H,8-12H2. The van der Waals surface area contributed by atoms with E-state index in [1.54, 1.807) is 11.2 Å². The first-order valence-corrected chi connectivity index (χ1v) is 8.81. The van der Waals surface area contributed by atoms with Crippen LogP contribution in [-0.2, 0) is 17.7 Å². The van der Waals surface area contributed by atoms with Gasteiger partial charge < -0.3 is 9.64 Å². The van der Waals surface area contributed by atoms with Gasteiger partial charge in [-0.1, -0.05) is 24.3 Å². The molecule has 1 amide bonds.